The van der Waals surface area contributed by atoms with E-state index in [2.05, 4.69) is 20.9 Å². The number of carbonyl (C=O) groups is 3. The van der Waals surface area contributed by atoms with Crippen LogP contribution in [0.15, 0.2) is 33.2 Å². The maximum atomic E-state index is 13.3. The molecule has 8 nitrogen and oxygen atoms in total. The SMILES string of the molecule is CCCN(CC(N)=O)C(=O)C1=Cc2ccc(Br)cc2N=C(N(C(=O)O)C(C)(C)C)C1. The molecule has 162 valence electrons. The van der Waals surface area contributed by atoms with Crippen LogP contribution >= 0.6 is 15.9 Å². The van der Waals surface area contributed by atoms with Gasteiger partial charge in [0.05, 0.1) is 12.2 Å². The van der Waals surface area contributed by atoms with Crippen LogP contribution in [0.4, 0.5) is 10.5 Å². The number of carbonyl (C=O) groups excluding carboxylic acids is 2. The average Bonchev–Trinajstić information content (AvgIpc) is 2.77. The number of amides is 3. The largest absolute Gasteiger partial charge is 0.465 e. The van der Waals surface area contributed by atoms with Gasteiger partial charge in [0, 0.05) is 34.1 Å². The molecule has 0 aliphatic carbocycles. The van der Waals surface area contributed by atoms with Gasteiger partial charge in [-0.25, -0.2) is 9.79 Å². The first-order valence-corrected chi connectivity index (χ1v) is 10.4. The molecule has 0 radical (unpaired) electrons. The molecule has 0 spiro atoms. The fraction of sp³-hybridized carbons (Fsp3) is 0.429. The second-order valence-corrected chi connectivity index (χ2v) is 8.98. The van der Waals surface area contributed by atoms with Gasteiger partial charge in [-0.1, -0.05) is 28.9 Å². The number of benzene rings is 1. The number of nitrogens with zero attached hydrogens (tertiary/aromatic N) is 3. The zero-order chi connectivity index (χ0) is 22.6. The molecule has 0 bridgehead atoms. The van der Waals surface area contributed by atoms with Gasteiger partial charge in [-0.05, 0) is 45.4 Å². The number of nitrogens with two attached hydrogens (primary N) is 1. The number of carboxylic acid groups (broad SMARTS) is 1. The van der Waals surface area contributed by atoms with Crippen LogP contribution in [0.3, 0.4) is 0 Å². The first-order valence-electron chi connectivity index (χ1n) is 9.62. The summed E-state index contributed by atoms with van der Waals surface area (Å²) in [5, 5.41) is 9.85. The first kappa shape index (κ1) is 23.6. The average molecular weight is 479 g/mol. The Morgan fingerprint density at radius 3 is 2.47 bits per heavy atom. The Morgan fingerprint density at radius 2 is 1.93 bits per heavy atom. The molecule has 0 saturated carbocycles. The van der Waals surface area contributed by atoms with Crippen molar-refractivity contribution in [1.82, 2.24) is 9.80 Å². The fourth-order valence-corrected chi connectivity index (χ4v) is 3.64. The summed E-state index contributed by atoms with van der Waals surface area (Å²) >= 11 is 3.41. The Balaban J connectivity index is 2.61. The van der Waals surface area contributed by atoms with E-state index in [9.17, 15) is 19.5 Å². The van der Waals surface area contributed by atoms with Gasteiger partial charge in [0.2, 0.25) is 5.91 Å². The number of hydrogen-bond donors (Lipinski definition) is 2. The minimum absolute atomic E-state index is 0.00762. The molecule has 30 heavy (non-hydrogen) atoms. The lowest BCUT2D eigenvalue weighted by atomic mass is 10.0. The van der Waals surface area contributed by atoms with Gasteiger partial charge in [0.25, 0.3) is 5.91 Å². The van der Waals surface area contributed by atoms with Gasteiger partial charge in [-0.3, -0.25) is 14.5 Å². The molecule has 1 aromatic rings. The Labute approximate surface area is 184 Å². The number of fused-ring (bicyclic) bond motifs is 1. The van der Waals surface area contributed by atoms with E-state index in [0.717, 1.165) is 4.47 Å². The summed E-state index contributed by atoms with van der Waals surface area (Å²) in [7, 11) is 0. The lowest BCUT2D eigenvalue weighted by Crippen LogP contribution is -2.49. The fourth-order valence-electron chi connectivity index (χ4n) is 3.29. The van der Waals surface area contributed by atoms with E-state index in [1.165, 1.54) is 9.80 Å². The lowest BCUT2D eigenvalue weighted by molar-refractivity contribution is -0.132. The van der Waals surface area contributed by atoms with Crippen molar-refractivity contribution in [1.29, 1.82) is 0 Å². The molecule has 1 aromatic carbocycles. The third-order valence-corrected chi connectivity index (χ3v) is 4.94. The molecule has 3 N–H and O–H groups in total. The number of amidine groups is 1. The highest BCUT2D eigenvalue weighted by Gasteiger charge is 2.34. The molecule has 0 aromatic heterocycles. The number of rotatable bonds is 5. The summed E-state index contributed by atoms with van der Waals surface area (Å²) in [6.45, 7) is 7.34. The third kappa shape index (κ3) is 5.69. The highest BCUT2D eigenvalue weighted by molar-refractivity contribution is 9.10. The van der Waals surface area contributed by atoms with Gasteiger partial charge in [0.1, 0.15) is 5.84 Å². The van der Waals surface area contributed by atoms with Crippen LogP contribution in [-0.2, 0) is 9.59 Å². The molecule has 0 saturated heterocycles. The quantitative estimate of drug-likeness (QED) is 0.669. The van der Waals surface area contributed by atoms with Crippen molar-refractivity contribution >= 4 is 51.4 Å². The predicted molar refractivity (Wildman–Crippen MR) is 120 cm³/mol. The number of halogens is 1. The van der Waals surface area contributed by atoms with E-state index >= 15 is 0 Å². The molecule has 1 aliphatic heterocycles. The van der Waals surface area contributed by atoms with Crippen LogP contribution in [0.2, 0.25) is 0 Å². The van der Waals surface area contributed by atoms with E-state index in [1.54, 1.807) is 39.0 Å². The van der Waals surface area contributed by atoms with Crippen molar-refractivity contribution in [3.63, 3.8) is 0 Å². The number of aliphatic imine (C=N–C) groups is 1. The summed E-state index contributed by atoms with van der Waals surface area (Å²) in [6, 6.07) is 5.40. The Bertz CT molecular complexity index is 918. The summed E-state index contributed by atoms with van der Waals surface area (Å²) in [5.74, 6) is -0.730. The van der Waals surface area contributed by atoms with Crippen LogP contribution in [0.1, 0.15) is 46.1 Å². The molecule has 0 unspecified atom stereocenters. The molecular formula is C21H27BrN4O4. The molecule has 2 rings (SSSR count). The van der Waals surface area contributed by atoms with E-state index < -0.39 is 17.5 Å². The topological polar surface area (TPSA) is 116 Å². The maximum absolute atomic E-state index is 13.3. The van der Waals surface area contributed by atoms with Crippen LogP contribution < -0.4 is 5.73 Å². The number of hydrogen-bond acceptors (Lipinski definition) is 4. The molecule has 9 heteroatoms. The summed E-state index contributed by atoms with van der Waals surface area (Å²) in [6.07, 6.45) is 1.20. The molecule has 0 fully saturated rings. The molecule has 0 atom stereocenters. The van der Waals surface area contributed by atoms with Crippen molar-refractivity contribution in [2.45, 2.75) is 46.1 Å². The van der Waals surface area contributed by atoms with Crippen molar-refractivity contribution < 1.29 is 19.5 Å². The Morgan fingerprint density at radius 1 is 1.27 bits per heavy atom. The van der Waals surface area contributed by atoms with Gasteiger partial charge >= 0.3 is 6.09 Å². The van der Waals surface area contributed by atoms with Crippen molar-refractivity contribution in [3.05, 3.63) is 33.8 Å². The van der Waals surface area contributed by atoms with Gasteiger partial charge in [0.15, 0.2) is 0 Å². The van der Waals surface area contributed by atoms with Gasteiger partial charge in [-0.15, -0.1) is 0 Å². The highest BCUT2D eigenvalue weighted by atomic mass is 79.9. The number of primary amides is 1. The first-order chi connectivity index (χ1) is 13.9. The van der Waals surface area contributed by atoms with E-state index in [1.807, 2.05) is 13.0 Å². The van der Waals surface area contributed by atoms with E-state index in [0.29, 0.717) is 29.8 Å². The minimum Gasteiger partial charge on any atom is -0.465 e. The second kappa shape index (κ2) is 9.42. The molecule has 1 heterocycles. The standard InChI is InChI=1S/C21H27BrN4O4/c1-5-8-25(12-17(23)27)19(28)14-9-13-6-7-15(22)11-16(13)24-18(10-14)26(20(29)30)21(2,3)4/h6-7,9,11H,5,8,10,12H2,1-4H3,(H2,23,27)(H,29,30). The monoisotopic (exact) mass is 478 g/mol. The molecule has 1 aliphatic rings. The van der Waals surface area contributed by atoms with Gasteiger partial charge < -0.3 is 15.7 Å². The molecular weight excluding hydrogens is 452 g/mol. The van der Waals surface area contributed by atoms with Crippen molar-refractivity contribution in [3.8, 4) is 0 Å². The summed E-state index contributed by atoms with van der Waals surface area (Å²) in [4.78, 5) is 43.9. The van der Waals surface area contributed by atoms with Crippen molar-refractivity contribution in [2.75, 3.05) is 13.1 Å². The Kier molecular flexibility index (Phi) is 7.41. The van der Waals surface area contributed by atoms with Crippen molar-refractivity contribution in [2.24, 2.45) is 10.7 Å². The Hall–Kier alpha value is -2.68. The lowest BCUT2D eigenvalue weighted by Gasteiger charge is -2.34. The summed E-state index contributed by atoms with van der Waals surface area (Å²) in [5.41, 5.74) is 6.13. The van der Waals surface area contributed by atoms with Gasteiger partial charge in [-0.2, -0.15) is 0 Å². The van der Waals surface area contributed by atoms with Crippen LogP contribution in [0, 0.1) is 0 Å². The van der Waals surface area contributed by atoms with E-state index in [-0.39, 0.29) is 24.7 Å². The normalized spacial score (nSPS) is 13.5. The minimum atomic E-state index is -1.16. The highest BCUT2D eigenvalue weighted by Crippen LogP contribution is 2.32. The van der Waals surface area contributed by atoms with Crippen LogP contribution in [-0.4, -0.2) is 57.3 Å². The molecule has 3 amide bonds. The predicted octanol–water partition coefficient (Wildman–Crippen LogP) is 3.77. The summed E-state index contributed by atoms with van der Waals surface area (Å²) < 4.78 is 0.784. The zero-order valence-electron chi connectivity index (χ0n) is 17.6. The third-order valence-electron chi connectivity index (χ3n) is 4.44. The second-order valence-electron chi connectivity index (χ2n) is 8.06. The smallest absolute Gasteiger partial charge is 0.413 e. The van der Waals surface area contributed by atoms with E-state index in [4.69, 9.17) is 5.73 Å². The zero-order valence-corrected chi connectivity index (χ0v) is 19.2. The van der Waals surface area contributed by atoms with Crippen LogP contribution in [0.5, 0.6) is 0 Å². The maximum Gasteiger partial charge on any atom is 0.413 e. The van der Waals surface area contributed by atoms with Crippen LogP contribution in [0.25, 0.3) is 6.08 Å².